The lowest BCUT2D eigenvalue weighted by molar-refractivity contribution is 0.356. The SMILES string of the molecule is COc1cc2nc(NC3CC3)nc(N3CCCC3)c2cc1OC. The van der Waals surface area contributed by atoms with Gasteiger partial charge in [-0.15, -0.1) is 0 Å². The van der Waals surface area contributed by atoms with E-state index < -0.39 is 0 Å². The standard InChI is InChI=1S/C17H22N4O2/c1-22-14-9-12-13(10-15(14)23-2)19-17(18-11-5-6-11)20-16(12)21-7-3-4-8-21/h9-11H,3-8H2,1-2H3,(H,18,19,20). The van der Waals surface area contributed by atoms with Crippen LogP contribution in [0.5, 0.6) is 11.5 Å². The van der Waals surface area contributed by atoms with E-state index in [-0.39, 0.29) is 0 Å². The molecule has 23 heavy (non-hydrogen) atoms. The van der Waals surface area contributed by atoms with Crippen LogP contribution >= 0.6 is 0 Å². The number of aromatic nitrogens is 2. The van der Waals surface area contributed by atoms with Crippen LogP contribution in [0.25, 0.3) is 10.9 Å². The van der Waals surface area contributed by atoms with Crippen molar-refractivity contribution >= 4 is 22.7 Å². The molecule has 2 aromatic rings. The molecule has 1 N–H and O–H groups in total. The Morgan fingerprint density at radius 1 is 1.04 bits per heavy atom. The first kappa shape index (κ1) is 14.4. The molecule has 6 nitrogen and oxygen atoms in total. The molecule has 0 spiro atoms. The van der Waals surface area contributed by atoms with Gasteiger partial charge in [0, 0.05) is 30.6 Å². The molecule has 0 atom stereocenters. The normalized spacial score (nSPS) is 17.6. The Bertz CT molecular complexity index is 724. The fourth-order valence-electron chi connectivity index (χ4n) is 3.08. The second-order valence-corrected chi connectivity index (χ2v) is 6.21. The third-order valence-corrected chi connectivity index (χ3v) is 4.50. The molecule has 6 heteroatoms. The minimum Gasteiger partial charge on any atom is -0.493 e. The van der Waals surface area contributed by atoms with Gasteiger partial charge in [-0.1, -0.05) is 0 Å². The van der Waals surface area contributed by atoms with Crippen LogP contribution in [-0.2, 0) is 0 Å². The number of hydrogen-bond acceptors (Lipinski definition) is 6. The van der Waals surface area contributed by atoms with Crippen LogP contribution in [0.1, 0.15) is 25.7 Å². The number of hydrogen-bond donors (Lipinski definition) is 1. The Hall–Kier alpha value is -2.24. The van der Waals surface area contributed by atoms with Gasteiger partial charge in [0.25, 0.3) is 0 Å². The van der Waals surface area contributed by atoms with Crippen LogP contribution < -0.4 is 19.7 Å². The van der Waals surface area contributed by atoms with E-state index in [1.807, 2.05) is 12.1 Å². The topological polar surface area (TPSA) is 59.5 Å². The minimum absolute atomic E-state index is 0.527. The lowest BCUT2D eigenvalue weighted by Gasteiger charge is -2.20. The minimum atomic E-state index is 0.527. The summed E-state index contributed by atoms with van der Waals surface area (Å²) < 4.78 is 10.9. The third kappa shape index (κ3) is 2.73. The average molecular weight is 314 g/mol. The highest BCUT2D eigenvalue weighted by molar-refractivity contribution is 5.93. The maximum Gasteiger partial charge on any atom is 0.225 e. The van der Waals surface area contributed by atoms with Gasteiger partial charge >= 0.3 is 0 Å². The van der Waals surface area contributed by atoms with Crippen molar-refractivity contribution in [3.63, 3.8) is 0 Å². The fourth-order valence-corrected chi connectivity index (χ4v) is 3.08. The lowest BCUT2D eigenvalue weighted by Crippen LogP contribution is -2.20. The Morgan fingerprint density at radius 3 is 2.39 bits per heavy atom. The van der Waals surface area contributed by atoms with Gasteiger partial charge in [0.15, 0.2) is 11.5 Å². The summed E-state index contributed by atoms with van der Waals surface area (Å²) in [6.07, 6.45) is 4.83. The molecule has 0 unspecified atom stereocenters. The summed E-state index contributed by atoms with van der Waals surface area (Å²) >= 11 is 0. The number of rotatable bonds is 5. The van der Waals surface area contributed by atoms with Crippen LogP contribution in [0.15, 0.2) is 12.1 Å². The van der Waals surface area contributed by atoms with E-state index in [2.05, 4.69) is 15.2 Å². The van der Waals surface area contributed by atoms with E-state index in [0.29, 0.717) is 23.5 Å². The predicted octanol–water partition coefficient (Wildman–Crippen LogP) is 2.82. The monoisotopic (exact) mass is 314 g/mol. The molecular formula is C17H22N4O2. The van der Waals surface area contributed by atoms with E-state index >= 15 is 0 Å². The van der Waals surface area contributed by atoms with Gasteiger partial charge in [0.05, 0.1) is 19.7 Å². The van der Waals surface area contributed by atoms with Crippen molar-refractivity contribution in [2.24, 2.45) is 0 Å². The molecule has 1 aromatic carbocycles. The van der Waals surface area contributed by atoms with Crippen LogP contribution in [0.2, 0.25) is 0 Å². The van der Waals surface area contributed by atoms with Crippen LogP contribution in [0, 0.1) is 0 Å². The molecule has 0 amide bonds. The number of benzene rings is 1. The molecule has 1 aliphatic carbocycles. The highest BCUT2D eigenvalue weighted by Gasteiger charge is 2.24. The molecule has 0 bridgehead atoms. The maximum atomic E-state index is 5.45. The Morgan fingerprint density at radius 2 is 1.74 bits per heavy atom. The van der Waals surface area contributed by atoms with Crippen LogP contribution in [-0.4, -0.2) is 43.3 Å². The number of anilines is 2. The zero-order valence-electron chi connectivity index (χ0n) is 13.6. The quantitative estimate of drug-likeness (QED) is 0.916. The third-order valence-electron chi connectivity index (χ3n) is 4.50. The Balaban J connectivity index is 1.86. The molecule has 1 aliphatic heterocycles. The molecule has 0 radical (unpaired) electrons. The molecule has 1 saturated heterocycles. The van der Waals surface area contributed by atoms with Gasteiger partial charge in [-0.2, -0.15) is 4.98 Å². The Kier molecular flexibility index (Phi) is 3.59. The summed E-state index contributed by atoms with van der Waals surface area (Å²) in [6, 6.07) is 4.45. The lowest BCUT2D eigenvalue weighted by atomic mass is 10.2. The van der Waals surface area contributed by atoms with E-state index in [0.717, 1.165) is 29.8 Å². The molecule has 2 fully saturated rings. The Labute approximate surface area is 135 Å². The van der Waals surface area contributed by atoms with Crippen molar-refractivity contribution in [3.05, 3.63) is 12.1 Å². The second kappa shape index (κ2) is 5.76. The van der Waals surface area contributed by atoms with Gasteiger partial charge < -0.3 is 19.7 Å². The van der Waals surface area contributed by atoms with Crippen molar-refractivity contribution in [2.75, 3.05) is 37.5 Å². The summed E-state index contributed by atoms with van der Waals surface area (Å²) in [4.78, 5) is 11.8. The predicted molar refractivity (Wildman–Crippen MR) is 90.7 cm³/mol. The summed E-state index contributed by atoms with van der Waals surface area (Å²) in [5.41, 5.74) is 0.891. The van der Waals surface area contributed by atoms with Gasteiger partial charge in [0.2, 0.25) is 5.95 Å². The van der Waals surface area contributed by atoms with Crippen molar-refractivity contribution in [2.45, 2.75) is 31.7 Å². The molecule has 4 rings (SSSR count). The van der Waals surface area contributed by atoms with Crippen molar-refractivity contribution < 1.29 is 9.47 Å². The first-order valence-electron chi connectivity index (χ1n) is 8.24. The van der Waals surface area contributed by atoms with Gasteiger partial charge in [-0.3, -0.25) is 0 Å². The second-order valence-electron chi connectivity index (χ2n) is 6.21. The van der Waals surface area contributed by atoms with E-state index in [1.165, 1.54) is 25.7 Å². The van der Waals surface area contributed by atoms with Gasteiger partial charge in [-0.05, 0) is 31.7 Å². The van der Waals surface area contributed by atoms with Crippen molar-refractivity contribution in [3.8, 4) is 11.5 Å². The first-order chi connectivity index (χ1) is 11.3. The molecule has 1 aromatic heterocycles. The summed E-state index contributed by atoms with van der Waals surface area (Å²) in [5, 5.41) is 4.44. The van der Waals surface area contributed by atoms with Gasteiger partial charge in [0.1, 0.15) is 5.82 Å². The number of methoxy groups -OCH3 is 2. The molecule has 122 valence electrons. The van der Waals surface area contributed by atoms with Crippen LogP contribution in [0.4, 0.5) is 11.8 Å². The van der Waals surface area contributed by atoms with E-state index in [1.54, 1.807) is 14.2 Å². The summed E-state index contributed by atoms with van der Waals surface area (Å²) in [6.45, 7) is 2.09. The summed E-state index contributed by atoms with van der Waals surface area (Å²) in [5.74, 6) is 3.13. The zero-order chi connectivity index (χ0) is 15.8. The number of nitrogens with one attached hydrogen (secondary N) is 1. The highest BCUT2D eigenvalue weighted by atomic mass is 16.5. The van der Waals surface area contributed by atoms with Crippen molar-refractivity contribution in [1.82, 2.24) is 9.97 Å². The van der Waals surface area contributed by atoms with Crippen molar-refractivity contribution in [1.29, 1.82) is 0 Å². The van der Waals surface area contributed by atoms with Crippen LogP contribution in [0.3, 0.4) is 0 Å². The largest absolute Gasteiger partial charge is 0.493 e. The first-order valence-corrected chi connectivity index (χ1v) is 8.24. The zero-order valence-corrected chi connectivity index (χ0v) is 13.6. The molecule has 2 heterocycles. The maximum absolute atomic E-state index is 5.45. The smallest absolute Gasteiger partial charge is 0.225 e. The molecule has 1 saturated carbocycles. The number of ether oxygens (including phenoxy) is 2. The molecular weight excluding hydrogens is 292 g/mol. The highest BCUT2D eigenvalue weighted by Crippen LogP contribution is 2.37. The number of nitrogens with zero attached hydrogens (tertiary/aromatic N) is 3. The van der Waals surface area contributed by atoms with E-state index in [9.17, 15) is 0 Å². The number of fused-ring (bicyclic) bond motifs is 1. The van der Waals surface area contributed by atoms with E-state index in [4.69, 9.17) is 14.5 Å². The average Bonchev–Trinajstić information content (AvgIpc) is 3.22. The fraction of sp³-hybridized carbons (Fsp3) is 0.529. The summed E-state index contributed by atoms with van der Waals surface area (Å²) in [7, 11) is 3.30. The van der Waals surface area contributed by atoms with Gasteiger partial charge in [-0.25, -0.2) is 4.98 Å². The molecule has 2 aliphatic rings.